The fourth-order valence-electron chi connectivity index (χ4n) is 2.95. The Morgan fingerprint density at radius 3 is 2.96 bits per heavy atom. The third-order valence-electron chi connectivity index (χ3n) is 4.05. The molecule has 1 fully saturated rings. The molecule has 7 heteroatoms. The summed E-state index contributed by atoms with van der Waals surface area (Å²) in [5, 5.41) is 3.91. The second kappa shape index (κ2) is 7.14. The number of piperidine rings is 1. The number of nitrogens with zero attached hydrogens (tertiary/aromatic N) is 4. The van der Waals surface area contributed by atoms with Gasteiger partial charge in [-0.2, -0.15) is 0 Å². The number of hydrogen-bond acceptors (Lipinski definition) is 6. The van der Waals surface area contributed by atoms with Crippen LogP contribution >= 0.6 is 11.3 Å². The topological polar surface area (TPSA) is 71.0 Å². The van der Waals surface area contributed by atoms with E-state index in [1.807, 2.05) is 18.9 Å². The van der Waals surface area contributed by atoms with E-state index in [1.165, 1.54) is 17.8 Å². The predicted molar refractivity (Wildman–Crippen MR) is 90.4 cm³/mol. The van der Waals surface area contributed by atoms with Crippen LogP contribution in [0.2, 0.25) is 0 Å². The van der Waals surface area contributed by atoms with Crippen molar-refractivity contribution in [2.75, 3.05) is 26.7 Å². The molecule has 1 amide bonds. The summed E-state index contributed by atoms with van der Waals surface area (Å²) < 4.78 is 0. The second-order valence-electron chi connectivity index (χ2n) is 5.82. The van der Waals surface area contributed by atoms with Crippen molar-refractivity contribution < 1.29 is 4.79 Å². The molecule has 1 unspecified atom stereocenters. The Morgan fingerprint density at radius 1 is 1.43 bits per heavy atom. The summed E-state index contributed by atoms with van der Waals surface area (Å²) in [5.74, 6) is 1.19. The molecule has 0 aliphatic carbocycles. The third kappa shape index (κ3) is 3.56. The Hall–Kier alpha value is -1.86. The lowest BCUT2D eigenvalue weighted by Gasteiger charge is -2.32. The van der Waals surface area contributed by atoms with E-state index >= 15 is 0 Å². The first-order valence-corrected chi connectivity index (χ1v) is 8.69. The van der Waals surface area contributed by atoms with Gasteiger partial charge in [-0.3, -0.25) is 4.79 Å². The van der Waals surface area contributed by atoms with Crippen LogP contribution in [-0.4, -0.2) is 52.4 Å². The number of amides is 1. The maximum Gasteiger partial charge on any atom is 0.265 e. The van der Waals surface area contributed by atoms with E-state index in [4.69, 9.17) is 0 Å². The Bertz CT molecular complexity index is 670. The van der Waals surface area contributed by atoms with Gasteiger partial charge in [0.25, 0.3) is 5.91 Å². The lowest BCUT2D eigenvalue weighted by Crippen LogP contribution is -2.42. The Labute approximate surface area is 140 Å². The molecule has 1 N–H and O–H groups in total. The van der Waals surface area contributed by atoms with Crippen molar-refractivity contribution in [3.8, 4) is 10.8 Å². The summed E-state index contributed by atoms with van der Waals surface area (Å²) in [6.07, 6.45) is 5.61. The first-order chi connectivity index (χ1) is 11.2. The number of nitrogens with one attached hydrogen (secondary N) is 1. The van der Waals surface area contributed by atoms with Crippen molar-refractivity contribution in [2.24, 2.45) is 5.92 Å². The number of carbonyl (C=O) groups excluding carboxylic acids is 1. The van der Waals surface area contributed by atoms with Gasteiger partial charge in [0.1, 0.15) is 4.88 Å². The molecular formula is C16H21N5OS. The quantitative estimate of drug-likeness (QED) is 0.927. The number of carbonyl (C=O) groups is 1. The van der Waals surface area contributed by atoms with Gasteiger partial charge in [-0.25, -0.2) is 15.0 Å². The van der Waals surface area contributed by atoms with E-state index in [-0.39, 0.29) is 5.91 Å². The number of thiazole rings is 1. The van der Waals surface area contributed by atoms with Crippen LogP contribution < -0.4 is 5.32 Å². The summed E-state index contributed by atoms with van der Waals surface area (Å²) >= 11 is 1.39. The van der Waals surface area contributed by atoms with E-state index in [0.29, 0.717) is 21.6 Å². The zero-order chi connectivity index (χ0) is 16.2. The molecule has 2 aromatic rings. The van der Waals surface area contributed by atoms with Crippen molar-refractivity contribution in [3.63, 3.8) is 0 Å². The molecule has 3 heterocycles. The van der Waals surface area contributed by atoms with E-state index in [0.717, 1.165) is 31.7 Å². The minimum absolute atomic E-state index is 0.0861. The van der Waals surface area contributed by atoms with Crippen LogP contribution in [0, 0.1) is 12.8 Å². The van der Waals surface area contributed by atoms with Gasteiger partial charge in [0.05, 0.1) is 5.69 Å². The molecule has 1 atom stereocenters. The average Bonchev–Trinajstić information content (AvgIpc) is 2.97. The largest absolute Gasteiger partial charge is 0.338 e. The van der Waals surface area contributed by atoms with Gasteiger partial charge < -0.3 is 10.2 Å². The molecule has 6 nitrogen and oxygen atoms in total. The number of aryl methyl sites for hydroxylation is 1. The zero-order valence-corrected chi connectivity index (χ0v) is 14.3. The van der Waals surface area contributed by atoms with Crippen molar-refractivity contribution in [2.45, 2.75) is 19.8 Å². The zero-order valence-electron chi connectivity index (χ0n) is 13.5. The monoisotopic (exact) mass is 331 g/mol. The Morgan fingerprint density at radius 2 is 2.22 bits per heavy atom. The molecule has 2 aromatic heterocycles. The van der Waals surface area contributed by atoms with Crippen LogP contribution in [0.15, 0.2) is 18.5 Å². The van der Waals surface area contributed by atoms with Crippen molar-refractivity contribution in [1.29, 1.82) is 0 Å². The summed E-state index contributed by atoms with van der Waals surface area (Å²) in [5.41, 5.74) is 0.762. The summed E-state index contributed by atoms with van der Waals surface area (Å²) in [7, 11) is 1.96. The van der Waals surface area contributed by atoms with Crippen molar-refractivity contribution in [1.82, 2.24) is 25.2 Å². The van der Waals surface area contributed by atoms with Crippen LogP contribution in [0.3, 0.4) is 0 Å². The smallest absolute Gasteiger partial charge is 0.265 e. The maximum atomic E-state index is 12.9. The van der Waals surface area contributed by atoms with Crippen LogP contribution in [0.25, 0.3) is 10.8 Å². The first kappa shape index (κ1) is 16.0. The van der Waals surface area contributed by atoms with Crippen molar-refractivity contribution >= 4 is 17.2 Å². The fraction of sp³-hybridized carbons (Fsp3) is 0.500. The molecular weight excluding hydrogens is 310 g/mol. The van der Waals surface area contributed by atoms with Crippen LogP contribution in [-0.2, 0) is 0 Å². The molecule has 122 valence electrons. The minimum atomic E-state index is 0.0861. The highest BCUT2D eigenvalue weighted by Gasteiger charge is 2.27. The Kier molecular flexibility index (Phi) is 4.97. The minimum Gasteiger partial charge on any atom is -0.338 e. The second-order valence-corrected chi connectivity index (χ2v) is 6.82. The van der Waals surface area contributed by atoms with Crippen LogP contribution in [0.5, 0.6) is 0 Å². The molecule has 0 bridgehead atoms. The first-order valence-electron chi connectivity index (χ1n) is 7.87. The highest BCUT2D eigenvalue weighted by Crippen LogP contribution is 2.27. The average molecular weight is 331 g/mol. The molecule has 0 aromatic carbocycles. The lowest BCUT2D eigenvalue weighted by atomic mass is 9.98. The molecule has 0 saturated carbocycles. The van der Waals surface area contributed by atoms with Crippen LogP contribution in [0.4, 0.5) is 0 Å². The molecule has 0 spiro atoms. The number of likely N-dealkylation sites (tertiary alicyclic amines) is 1. The third-order valence-corrected chi connectivity index (χ3v) is 5.19. The normalized spacial score (nSPS) is 18.2. The molecule has 0 radical (unpaired) electrons. The highest BCUT2D eigenvalue weighted by molar-refractivity contribution is 7.17. The van der Waals surface area contributed by atoms with Gasteiger partial charge in [0.15, 0.2) is 10.8 Å². The van der Waals surface area contributed by atoms with Gasteiger partial charge in [-0.05, 0) is 45.3 Å². The SMILES string of the molecule is CNCC1CCCN(C(=O)c2sc(-c3ncccn3)nc2C)C1. The van der Waals surface area contributed by atoms with Crippen molar-refractivity contribution in [3.05, 3.63) is 29.0 Å². The standard InChI is InChI=1S/C16H21N5OS/c1-11-13(23-15(20-11)14-18-6-4-7-19-14)16(22)21-8-3-5-12(10-21)9-17-2/h4,6-7,12,17H,3,5,8-10H2,1-2H3. The summed E-state index contributed by atoms with van der Waals surface area (Å²) in [6, 6.07) is 1.77. The Balaban J connectivity index is 1.79. The van der Waals surface area contributed by atoms with Crippen LogP contribution in [0.1, 0.15) is 28.2 Å². The maximum absolute atomic E-state index is 12.9. The molecule has 1 saturated heterocycles. The summed E-state index contributed by atoms with van der Waals surface area (Å²) in [4.78, 5) is 28.4. The van der Waals surface area contributed by atoms with Gasteiger partial charge in [0.2, 0.25) is 0 Å². The van der Waals surface area contributed by atoms with Gasteiger partial charge in [-0.1, -0.05) is 0 Å². The number of rotatable bonds is 4. The van der Waals surface area contributed by atoms with E-state index in [2.05, 4.69) is 20.3 Å². The molecule has 1 aliphatic rings. The predicted octanol–water partition coefficient (Wildman–Crippen LogP) is 1.98. The molecule has 1 aliphatic heterocycles. The summed E-state index contributed by atoms with van der Waals surface area (Å²) in [6.45, 7) is 4.47. The number of aromatic nitrogens is 3. The van der Waals surface area contributed by atoms with Gasteiger partial charge in [-0.15, -0.1) is 11.3 Å². The molecule has 3 rings (SSSR count). The van der Waals surface area contributed by atoms with E-state index in [9.17, 15) is 4.79 Å². The van der Waals surface area contributed by atoms with E-state index < -0.39 is 0 Å². The highest BCUT2D eigenvalue weighted by atomic mass is 32.1. The van der Waals surface area contributed by atoms with Gasteiger partial charge >= 0.3 is 0 Å². The van der Waals surface area contributed by atoms with Gasteiger partial charge in [0, 0.05) is 25.5 Å². The number of hydrogen-bond donors (Lipinski definition) is 1. The molecule has 23 heavy (non-hydrogen) atoms. The van der Waals surface area contributed by atoms with E-state index in [1.54, 1.807) is 18.5 Å². The fourth-order valence-corrected chi connectivity index (χ4v) is 3.93. The lowest BCUT2D eigenvalue weighted by molar-refractivity contribution is 0.0678.